The Morgan fingerprint density at radius 2 is 1.92 bits per heavy atom. The Morgan fingerprint density at radius 3 is 2.75 bits per heavy atom. The lowest BCUT2D eigenvalue weighted by Gasteiger charge is -2.02. The van der Waals surface area contributed by atoms with Crippen LogP contribution in [0.4, 0.5) is 0 Å². The van der Waals surface area contributed by atoms with Gasteiger partial charge in [0.2, 0.25) is 0 Å². The van der Waals surface area contributed by atoms with Gasteiger partial charge in [-0.25, -0.2) is 9.50 Å². The molecular formula is C18H16ClN5. The minimum absolute atomic E-state index is 0.727. The van der Waals surface area contributed by atoms with Gasteiger partial charge in [-0.05, 0) is 44.5 Å². The molecule has 1 aromatic carbocycles. The molecule has 0 saturated carbocycles. The summed E-state index contributed by atoms with van der Waals surface area (Å²) in [5, 5.41) is 6.36. The zero-order valence-corrected chi connectivity index (χ0v) is 14.2. The Morgan fingerprint density at radius 1 is 1.04 bits per heavy atom. The molecule has 4 rings (SSSR count). The second-order valence-electron chi connectivity index (χ2n) is 5.89. The van der Waals surface area contributed by atoms with Gasteiger partial charge in [-0.3, -0.25) is 9.97 Å². The highest BCUT2D eigenvalue weighted by Gasteiger charge is 2.09. The molecule has 5 nitrogen and oxygen atoms in total. The highest BCUT2D eigenvalue weighted by Crippen LogP contribution is 2.18. The minimum atomic E-state index is 0.727. The smallest absolute Gasteiger partial charge is 0.177 e. The van der Waals surface area contributed by atoms with Gasteiger partial charge in [0.15, 0.2) is 11.5 Å². The van der Waals surface area contributed by atoms with Gasteiger partial charge in [0.05, 0.1) is 16.9 Å². The van der Waals surface area contributed by atoms with Gasteiger partial charge in [0, 0.05) is 28.7 Å². The van der Waals surface area contributed by atoms with E-state index in [1.807, 2.05) is 48.8 Å². The summed E-state index contributed by atoms with van der Waals surface area (Å²) in [6, 6.07) is 9.83. The number of aryl methyl sites for hydroxylation is 4. The lowest BCUT2D eigenvalue weighted by Crippen LogP contribution is -1.99. The van der Waals surface area contributed by atoms with Crippen molar-refractivity contribution in [3.05, 3.63) is 64.5 Å². The van der Waals surface area contributed by atoms with Crippen molar-refractivity contribution in [3.63, 3.8) is 0 Å². The maximum absolute atomic E-state index is 6.01. The summed E-state index contributed by atoms with van der Waals surface area (Å²) in [6.45, 7) is 3.93. The van der Waals surface area contributed by atoms with Gasteiger partial charge in [0.25, 0.3) is 0 Å². The molecule has 6 heteroatoms. The number of pyridine rings is 1. The van der Waals surface area contributed by atoms with E-state index >= 15 is 0 Å². The van der Waals surface area contributed by atoms with Crippen LogP contribution < -0.4 is 0 Å². The molecule has 0 saturated heterocycles. The van der Waals surface area contributed by atoms with Crippen LogP contribution in [0, 0.1) is 13.8 Å². The van der Waals surface area contributed by atoms with Crippen LogP contribution >= 0.6 is 11.6 Å². The molecule has 0 fully saturated rings. The third kappa shape index (κ3) is 2.71. The number of benzene rings is 1. The molecule has 0 amide bonds. The first-order valence-electron chi connectivity index (χ1n) is 7.83. The van der Waals surface area contributed by atoms with E-state index in [2.05, 4.69) is 26.1 Å². The van der Waals surface area contributed by atoms with Crippen LogP contribution in [0.5, 0.6) is 0 Å². The normalized spacial score (nSPS) is 11.5. The van der Waals surface area contributed by atoms with Crippen LogP contribution in [0.2, 0.25) is 5.02 Å². The second kappa shape index (κ2) is 5.83. The fourth-order valence-electron chi connectivity index (χ4n) is 2.76. The molecule has 0 atom stereocenters. The predicted molar refractivity (Wildman–Crippen MR) is 94.4 cm³/mol. The van der Waals surface area contributed by atoms with Gasteiger partial charge in [-0.15, -0.1) is 0 Å². The molecule has 120 valence electrons. The summed E-state index contributed by atoms with van der Waals surface area (Å²) < 4.78 is 1.85. The fraction of sp³-hybridized carbons (Fsp3) is 0.222. The maximum atomic E-state index is 6.01. The highest BCUT2D eigenvalue weighted by atomic mass is 35.5. The first-order chi connectivity index (χ1) is 11.6. The zero-order valence-electron chi connectivity index (χ0n) is 13.5. The molecule has 0 spiro atoms. The van der Waals surface area contributed by atoms with E-state index in [9.17, 15) is 0 Å². The van der Waals surface area contributed by atoms with Crippen molar-refractivity contribution in [2.75, 3.05) is 0 Å². The Hall–Kier alpha value is -2.53. The first kappa shape index (κ1) is 15.0. The number of aromatic nitrogens is 5. The summed E-state index contributed by atoms with van der Waals surface area (Å²) >= 11 is 6.01. The summed E-state index contributed by atoms with van der Waals surface area (Å²) in [5.41, 5.74) is 4.67. The van der Waals surface area contributed by atoms with Crippen LogP contribution in [0.25, 0.3) is 16.6 Å². The second-order valence-corrected chi connectivity index (χ2v) is 6.32. The van der Waals surface area contributed by atoms with Gasteiger partial charge in [-0.1, -0.05) is 17.7 Å². The van der Waals surface area contributed by atoms with Gasteiger partial charge in [-0.2, -0.15) is 5.10 Å². The lowest BCUT2D eigenvalue weighted by molar-refractivity contribution is 0.808. The molecule has 3 heterocycles. The topological polar surface area (TPSA) is 56.0 Å². The summed E-state index contributed by atoms with van der Waals surface area (Å²) in [4.78, 5) is 13.6. The minimum Gasteiger partial charge on any atom is -0.256 e. The molecule has 3 aromatic heterocycles. The summed E-state index contributed by atoms with van der Waals surface area (Å²) in [7, 11) is 0. The lowest BCUT2D eigenvalue weighted by atomic mass is 10.1. The van der Waals surface area contributed by atoms with Gasteiger partial charge >= 0.3 is 0 Å². The van der Waals surface area contributed by atoms with Crippen molar-refractivity contribution in [1.82, 2.24) is 24.6 Å². The van der Waals surface area contributed by atoms with Crippen LogP contribution in [0.3, 0.4) is 0 Å². The number of halogens is 1. The van der Waals surface area contributed by atoms with Crippen LogP contribution in [-0.2, 0) is 12.8 Å². The fourth-order valence-corrected chi connectivity index (χ4v) is 2.94. The molecule has 0 unspecified atom stereocenters. The number of hydrogen-bond donors (Lipinski definition) is 0. The maximum Gasteiger partial charge on any atom is 0.177 e. The monoisotopic (exact) mass is 337 g/mol. The molecule has 24 heavy (non-hydrogen) atoms. The SMILES string of the molecule is Cc1ncc(C)n2nc(CCc3ccc4cc(Cl)ccc4n3)nc12. The third-order valence-corrected chi connectivity index (χ3v) is 4.30. The van der Waals surface area contributed by atoms with E-state index in [0.717, 1.165) is 57.3 Å². The van der Waals surface area contributed by atoms with E-state index in [4.69, 9.17) is 11.6 Å². The number of hydrogen-bond acceptors (Lipinski definition) is 4. The van der Waals surface area contributed by atoms with Gasteiger partial charge in [0.1, 0.15) is 0 Å². The largest absolute Gasteiger partial charge is 0.256 e. The molecule has 0 radical (unpaired) electrons. The number of rotatable bonds is 3. The molecule has 0 aliphatic rings. The highest BCUT2D eigenvalue weighted by molar-refractivity contribution is 6.31. The quantitative estimate of drug-likeness (QED) is 0.571. The Kier molecular flexibility index (Phi) is 3.65. The van der Waals surface area contributed by atoms with E-state index in [0.29, 0.717) is 0 Å². The van der Waals surface area contributed by atoms with Crippen molar-refractivity contribution < 1.29 is 0 Å². The standard InChI is InChI=1S/C18H16ClN5/c1-11-10-20-12(2)18-22-17(23-24(11)18)8-6-15-5-3-13-9-14(19)4-7-16(13)21-15/h3-5,7,9-10H,6,8H2,1-2H3. The average molecular weight is 338 g/mol. The molecule has 0 aliphatic heterocycles. The molecule has 0 N–H and O–H groups in total. The third-order valence-electron chi connectivity index (χ3n) is 4.07. The van der Waals surface area contributed by atoms with E-state index < -0.39 is 0 Å². The Labute approximate surface area is 144 Å². The molecule has 4 aromatic rings. The van der Waals surface area contributed by atoms with Crippen molar-refractivity contribution in [2.45, 2.75) is 26.7 Å². The number of nitrogens with zero attached hydrogens (tertiary/aromatic N) is 5. The van der Waals surface area contributed by atoms with E-state index in [-0.39, 0.29) is 0 Å². The molecule has 0 aliphatic carbocycles. The Balaban J connectivity index is 1.59. The summed E-state index contributed by atoms with van der Waals surface area (Å²) in [5.74, 6) is 0.812. The van der Waals surface area contributed by atoms with Crippen LogP contribution in [0.15, 0.2) is 36.5 Å². The summed E-state index contributed by atoms with van der Waals surface area (Å²) in [6.07, 6.45) is 3.35. The van der Waals surface area contributed by atoms with Crippen molar-refractivity contribution in [3.8, 4) is 0 Å². The molecular weight excluding hydrogens is 322 g/mol. The predicted octanol–water partition coefficient (Wildman–Crippen LogP) is 3.73. The van der Waals surface area contributed by atoms with E-state index in [1.165, 1.54) is 0 Å². The van der Waals surface area contributed by atoms with Crippen LogP contribution in [-0.4, -0.2) is 24.6 Å². The molecule has 0 bridgehead atoms. The Bertz CT molecular complexity index is 1020. The zero-order chi connectivity index (χ0) is 16.7. The van der Waals surface area contributed by atoms with Crippen molar-refractivity contribution in [1.29, 1.82) is 0 Å². The number of fused-ring (bicyclic) bond motifs is 2. The average Bonchev–Trinajstić information content (AvgIpc) is 3.02. The van der Waals surface area contributed by atoms with Crippen molar-refractivity contribution in [2.24, 2.45) is 0 Å². The van der Waals surface area contributed by atoms with Gasteiger partial charge < -0.3 is 0 Å². The van der Waals surface area contributed by atoms with Crippen LogP contribution in [0.1, 0.15) is 22.9 Å². The first-order valence-corrected chi connectivity index (χ1v) is 8.21. The van der Waals surface area contributed by atoms with Crippen molar-refractivity contribution >= 4 is 28.2 Å². The van der Waals surface area contributed by atoms with E-state index in [1.54, 1.807) is 0 Å².